The molecule has 0 unspecified atom stereocenters. The van der Waals surface area contributed by atoms with Gasteiger partial charge in [-0.05, 0) is 68.4 Å². The summed E-state index contributed by atoms with van der Waals surface area (Å²) in [5.41, 5.74) is 4.24. The molecule has 0 fully saturated rings. The highest BCUT2D eigenvalue weighted by Crippen LogP contribution is 2.37. The summed E-state index contributed by atoms with van der Waals surface area (Å²) in [5, 5.41) is 12.2. The molecule has 0 amide bonds. The largest absolute Gasteiger partial charge is 0.462 e. The van der Waals surface area contributed by atoms with Crippen LogP contribution in [0.2, 0.25) is 0 Å². The van der Waals surface area contributed by atoms with Gasteiger partial charge in [-0.25, -0.2) is 4.79 Å². The summed E-state index contributed by atoms with van der Waals surface area (Å²) < 4.78 is 7.27. The van der Waals surface area contributed by atoms with E-state index < -0.39 is 0 Å². The quantitative estimate of drug-likeness (QED) is 0.334. The standard InChI is InChI=1S/C25H30N4O2S2/c1-3-31-24(30)22-19-12-6-4-5-7-13-20(19)33-23(22)27-25(32)26-21-14-15-29(28-21)16-18-11-9-8-10-17(18)2/h8-11,14-15H,3-7,12-13,16H2,1-2H3,(H2,26,27,28,32). The number of esters is 1. The third-order valence-corrected chi connectivity index (χ3v) is 7.27. The third kappa shape index (κ3) is 5.81. The first-order chi connectivity index (χ1) is 16.0. The average molecular weight is 483 g/mol. The monoisotopic (exact) mass is 482 g/mol. The molecule has 0 saturated heterocycles. The summed E-state index contributed by atoms with van der Waals surface area (Å²) in [6.45, 7) is 4.98. The van der Waals surface area contributed by atoms with Crippen molar-refractivity contribution >= 4 is 45.5 Å². The van der Waals surface area contributed by atoms with Gasteiger partial charge in [0.25, 0.3) is 0 Å². The van der Waals surface area contributed by atoms with Gasteiger partial charge in [0.15, 0.2) is 10.9 Å². The predicted molar refractivity (Wildman–Crippen MR) is 139 cm³/mol. The van der Waals surface area contributed by atoms with Crippen LogP contribution in [0.3, 0.4) is 0 Å². The Morgan fingerprint density at radius 2 is 1.94 bits per heavy atom. The zero-order chi connectivity index (χ0) is 23.2. The van der Waals surface area contributed by atoms with Crippen LogP contribution in [0.25, 0.3) is 0 Å². The van der Waals surface area contributed by atoms with Crippen LogP contribution < -0.4 is 10.6 Å². The molecular weight excluding hydrogens is 452 g/mol. The number of hydrogen-bond acceptors (Lipinski definition) is 5. The van der Waals surface area contributed by atoms with E-state index in [9.17, 15) is 4.79 Å². The van der Waals surface area contributed by atoms with Crippen LogP contribution in [-0.4, -0.2) is 27.5 Å². The normalized spacial score (nSPS) is 13.5. The smallest absolute Gasteiger partial charge is 0.341 e. The number of anilines is 2. The Labute approximate surface area is 204 Å². The molecule has 4 rings (SSSR count). The SMILES string of the molecule is CCOC(=O)c1c(NC(=S)Nc2ccn(Cc3ccccc3C)n2)sc2c1CCCCCC2. The molecule has 0 saturated carbocycles. The molecular formula is C25H30N4O2S2. The van der Waals surface area contributed by atoms with E-state index in [2.05, 4.69) is 34.8 Å². The van der Waals surface area contributed by atoms with Gasteiger partial charge in [-0.15, -0.1) is 11.3 Å². The number of aromatic nitrogens is 2. The van der Waals surface area contributed by atoms with Gasteiger partial charge in [0.05, 0.1) is 18.7 Å². The molecule has 3 aromatic rings. The Hall–Kier alpha value is -2.71. The van der Waals surface area contributed by atoms with Gasteiger partial charge in [0.2, 0.25) is 0 Å². The van der Waals surface area contributed by atoms with Gasteiger partial charge in [-0.3, -0.25) is 4.68 Å². The van der Waals surface area contributed by atoms with Crippen LogP contribution in [0.15, 0.2) is 36.5 Å². The molecule has 33 heavy (non-hydrogen) atoms. The lowest BCUT2D eigenvalue weighted by Gasteiger charge is -2.12. The molecule has 1 aliphatic rings. The molecule has 8 heteroatoms. The van der Waals surface area contributed by atoms with E-state index in [-0.39, 0.29) is 5.97 Å². The Bertz CT molecular complexity index is 1140. The Balaban J connectivity index is 1.48. The second-order valence-electron chi connectivity index (χ2n) is 8.25. The summed E-state index contributed by atoms with van der Waals surface area (Å²) in [6.07, 6.45) is 8.51. The minimum Gasteiger partial charge on any atom is -0.462 e. The highest BCUT2D eigenvalue weighted by molar-refractivity contribution is 7.80. The van der Waals surface area contributed by atoms with Crippen molar-refractivity contribution in [1.29, 1.82) is 0 Å². The van der Waals surface area contributed by atoms with Crippen molar-refractivity contribution in [3.8, 4) is 0 Å². The number of nitrogens with zero attached hydrogens (tertiary/aromatic N) is 2. The number of ether oxygens (including phenoxy) is 1. The number of benzene rings is 1. The van der Waals surface area contributed by atoms with E-state index in [1.54, 1.807) is 11.3 Å². The molecule has 2 N–H and O–H groups in total. The third-order valence-electron chi connectivity index (χ3n) is 5.85. The minimum absolute atomic E-state index is 0.275. The van der Waals surface area contributed by atoms with Crippen LogP contribution in [0.1, 0.15) is 64.5 Å². The highest BCUT2D eigenvalue weighted by atomic mass is 32.1. The second-order valence-corrected chi connectivity index (χ2v) is 9.76. The van der Waals surface area contributed by atoms with Gasteiger partial charge in [-0.2, -0.15) is 5.10 Å². The number of rotatable bonds is 6. The van der Waals surface area contributed by atoms with E-state index in [1.165, 1.54) is 28.8 Å². The number of nitrogens with one attached hydrogen (secondary N) is 2. The number of thiocarbonyl (C=S) groups is 1. The summed E-state index contributed by atoms with van der Waals surface area (Å²) in [6, 6.07) is 10.2. The topological polar surface area (TPSA) is 68.2 Å². The number of carbonyl (C=O) groups is 1. The summed E-state index contributed by atoms with van der Waals surface area (Å²) in [5.74, 6) is 0.386. The average Bonchev–Trinajstić information content (AvgIpc) is 3.33. The molecule has 1 aliphatic carbocycles. The van der Waals surface area contributed by atoms with Crippen LogP contribution in [0.4, 0.5) is 10.8 Å². The molecule has 0 aliphatic heterocycles. The van der Waals surface area contributed by atoms with Gasteiger partial charge < -0.3 is 15.4 Å². The Morgan fingerprint density at radius 3 is 2.73 bits per heavy atom. The van der Waals surface area contributed by atoms with Gasteiger partial charge >= 0.3 is 5.97 Å². The summed E-state index contributed by atoms with van der Waals surface area (Å²) in [7, 11) is 0. The highest BCUT2D eigenvalue weighted by Gasteiger charge is 2.25. The van der Waals surface area contributed by atoms with E-state index in [0.717, 1.165) is 36.2 Å². The molecule has 2 heterocycles. The zero-order valence-corrected chi connectivity index (χ0v) is 20.8. The lowest BCUT2D eigenvalue weighted by Crippen LogP contribution is -2.21. The number of thiophene rings is 1. The maximum Gasteiger partial charge on any atom is 0.341 e. The Morgan fingerprint density at radius 1 is 1.15 bits per heavy atom. The number of fused-ring (bicyclic) bond motifs is 1. The van der Waals surface area contributed by atoms with Crippen LogP contribution in [0.5, 0.6) is 0 Å². The van der Waals surface area contributed by atoms with Crippen molar-refractivity contribution in [2.45, 2.75) is 58.9 Å². The number of aryl methyl sites for hydroxylation is 2. The fourth-order valence-corrected chi connectivity index (χ4v) is 5.71. The maximum absolute atomic E-state index is 12.8. The lowest BCUT2D eigenvalue weighted by molar-refractivity contribution is 0.0526. The molecule has 0 atom stereocenters. The van der Waals surface area contributed by atoms with Crippen molar-refractivity contribution in [1.82, 2.24) is 9.78 Å². The molecule has 0 bridgehead atoms. The number of carbonyl (C=O) groups excluding carboxylic acids is 1. The van der Waals surface area contributed by atoms with E-state index in [0.29, 0.717) is 29.6 Å². The first-order valence-electron chi connectivity index (χ1n) is 11.5. The van der Waals surface area contributed by atoms with Crippen LogP contribution in [0, 0.1) is 6.92 Å². The van der Waals surface area contributed by atoms with Crippen molar-refractivity contribution in [3.05, 3.63) is 63.7 Å². The zero-order valence-electron chi connectivity index (χ0n) is 19.1. The lowest BCUT2D eigenvalue weighted by atomic mass is 9.96. The van der Waals surface area contributed by atoms with Gasteiger partial charge in [0.1, 0.15) is 5.00 Å². The van der Waals surface area contributed by atoms with E-state index >= 15 is 0 Å². The fraction of sp³-hybridized carbons (Fsp3) is 0.400. The molecule has 6 nitrogen and oxygen atoms in total. The molecule has 2 aromatic heterocycles. The molecule has 174 valence electrons. The number of hydrogen-bond donors (Lipinski definition) is 2. The minimum atomic E-state index is -0.275. The Kier molecular flexibility index (Phi) is 7.77. The second kappa shape index (κ2) is 10.9. The van der Waals surface area contributed by atoms with Gasteiger partial charge in [-0.1, -0.05) is 37.1 Å². The fourth-order valence-electron chi connectivity index (χ4n) is 4.16. The molecule has 0 radical (unpaired) electrons. The first kappa shape index (κ1) is 23.4. The molecule has 0 spiro atoms. The van der Waals surface area contributed by atoms with Crippen molar-refractivity contribution in [3.63, 3.8) is 0 Å². The van der Waals surface area contributed by atoms with E-state index in [4.69, 9.17) is 17.0 Å². The summed E-state index contributed by atoms with van der Waals surface area (Å²) in [4.78, 5) is 14.1. The maximum atomic E-state index is 12.8. The van der Waals surface area contributed by atoms with Gasteiger partial charge in [0, 0.05) is 17.1 Å². The van der Waals surface area contributed by atoms with Crippen molar-refractivity contribution in [2.75, 3.05) is 17.2 Å². The first-order valence-corrected chi connectivity index (χ1v) is 12.7. The predicted octanol–water partition coefficient (Wildman–Crippen LogP) is 5.95. The van der Waals surface area contributed by atoms with Crippen molar-refractivity contribution < 1.29 is 9.53 Å². The van der Waals surface area contributed by atoms with Crippen molar-refractivity contribution in [2.24, 2.45) is 0 Å². The molecule has 1 aromatic carbocycles. The van der Waals surface area contributed by atoms with Crippen LogP contribution in [-0.2, 0) is 24.1 Å². The van der Waals surface area contributed by atoms with Crippen LogP contribution >= 0.6 is 23.6 Å². The summed E-state index contributed by atoms with van der Waals surface area (Å²) >= 11 is 7.19. The van der Waals surface area contributed by atoms with E-state index in [1.807, 2.05) is 36.0 Å².